The highest BCUT2D eigenvalue weighted by atomic mass is 16.3. The van der Waals surface area contributed by atoms with Crippen LogP contribution in [0, 0.1) is 0 Å². The average Bonchev–Trinajstić information content (AvgIpc) is 2.36. The van der Waals surface area contributed by atoms with Crippen molar-refractivity contribution in [1.29, 1.82) is 0 Å². The molecule has 1 amide bonds. The Bertz CT molecular complexity index is 442. The first-order chi connectivity index (χ1) is 9.04. The SMILES string of the molecule is CC(C)N(CCCO)C(=O)/C=C/c1cccc(N)c1. The van der Waals surface area contributed by atoms with E-state index < -0.39 is 0 Å². The Kier molecular flexibility index (Phi) is 6.09. The number of hydrogen-bond acceptors (Lipinski definition) is 3. The largest absolute Gasteiger partial charge is 0.399 e. The van der Waals surface area contributed by atoms with Gasteiger partial charge in [-0.25, -0.2) is 0 Å². The molecule has 4 heteroatoms. The van der Waals surface area contributed by atoms with E-state index in [1.165, 1.54) is 0 Å². The molecule has 0 aliphatic heterocycles. The number of carbonyl (C=O) groups is 1. The lowest BCUT2D eigenvalue weighted by molar-refractivity contribution is -0.127. The van der Waals surface area contributed by atoms with Crippen molar-refractivity contribution in [2.75, 3.05) is 18.9 Å². The Morgan fingerprint density at radius 1 is 1.47 bits per heavy atom. The van der Waals surface area contributed by atoms with Gasteiger partial charge in [-0.05, 0) is 44.0 Å². The van der Waals surface area contributed by atoms with Crippen molar-refractivity contribution < 1.29 is 9.90 Å². The number of hydrogen-bond donors (Lipinski definition) is 2. The molecule has 0 saturated carbocycles. The van der Waals surface area contributed by atoms with Crippen LogP contribution in [0.1, 0.15) is 25.8 Å². The Balaban J connectivity index is 2.70. The zero-order valence-corrected chi connectivity index (χ0v) is 11.5. The predicted molar refractivity (Wildman–Crippen MR) is 78.4 cm³/mol. The van der Waals surface area contributed by atoms with Gasteiger partial charge >= 0.3 is 0 Å². The van der Waals surface area contributed by atoms with Crippen molar-refractivity contribution in [1.82, 2.24) is 4.90 Å². The first kappa shape index (κ1) is 15.2. The second-order valence-electron chi connectivity index (χ2n) is 4.71. The van der Waals surface area contributed by atoms with E-state index >= 15 is 0 Å². The standard InChI is InChI=1S/C15H22N2O2/c1-12(2)17(9-4-10-18)15(19)8-7-13-5-3-6-14(16)11-13/h3,5-8,11-12,18H,4,9-10,16H2,1-2H3/b8-7+. The molecular weight excluding hydrogens is 240 g/mol. The maximum atomic E-state index is 12.1. The van der Waals surface area contributed by atoms with Crippen LogP contribution in [-0.2, 0) is 4.79 Å². The molecule has 3 N–H and O–H groups in total. The van der Waals surface area contributed by atoms with Gasteiger partial charge in [0.15, 0.2) is 0 Å². The Labute approximate surface area is 114 Å². The number of carbonyl (C=O) groups excluding carboxylic acids is 1. The summed E-state index contributed by atoms with van der Waals surface area (Å²) in [4.78, 5) is 13.8. The summed E-state index contributed by atoms with van der Waals surface area (Å²) >= 11 is 0. The van der Waals surface area contributed by atoms with Gasteiger partial charge < -0.3 is 15.7 Å². The van der Waals surface area contributed by atoms with Crippen LogP contribution in [0.5, 0.6) is 0 Å². The lowest BCUT2D eigenvalue weighted by atomic mass is 10.2. The van der Waals surface area contributed by atoms with Gasteiger partial charge in [-0.15, -0.1) is 0 Å². The smallest absolute Gasteiger partial charge is 0.246 e. The molecule has 19 heavy (non-hydrogen) atoms. The Morgan fingerprint density at radius 2 is 2.21 bits per heavy atom. The summed E-state index contributed by atoms with van der Waals surface area (Å²) in [6, 6.07) is 7.49. The zero-order chi connectivity index (χ0) is 14.3. The van der Waals surface area contributed by atoms with E-state index in [1.807, 2.05) is 32.0 Å². The molecule has 0 unspecified atom stereocenters. The van der Waals surface area contributed by atoms with Crippen molar-refractivity contribution in [3.8, 4) is 0 Å². The van der Waals surface area contributed by atoms with Gasteiger partial charge in [0.1, 0.15) is 0 Å². The minimum Gasteiger partial charge on any atom is -0.399 e. The number of aliphatic hydroxyl groups excluding tert-OH is 1. The number of nitrogens with two attached hydrogens (primary N) is 1. The molecule has 1 aromatic rings. The average molecular weight is 262 g/mol. The van der Waals surface area contributed by atoms with E-state index in [2.05, 4.69) is 0 Å². The second-order valence-corrected chi connectivity index (χ2v) is 4.71. The molecule has 0 aliphatic carbocycles. The third-order valence-electron chi connectivity index (χ3n) is 2.79. The topological polar surface area (TPSA) is 66.6 Å². The van der Waals surface area contributed by atoms with E-state index in [-0.39, 0.29) is 18.6 Å². The summed E-state index contributed by atoms with van der Waals surface area (Å²) < 4.78 is 0. The van der Waals surface area contributed by atoms with Crippen LogP contribution >= 0.6 is 0 Å². The van der Waals surface area contributed by atoms with Crippen molar-refractivity contribution in [3.05, 3.63) is 35.9 Å². The molecule has 0 spiro atoms. The predicted octanol–water partition coefficient (Wildman–Crippen LogP) is 1.90. The molecule has 4 nitrogen and oxygen atoms in total. The maximum absolute atomic E-state index is 12.1. The highest BCUT2D eigenvalue weighted by Gasteiger charge is 2.13. The fourth-order valence-corrected chi connectivity index (χ4v) is 1.79. The zero-order valence-electron chi connectivity index (χ0n) is 11.5. The molecule has 0 saturated heterocycles. The van der Waals surface area contributed by atoms with Crippen molar-refractivity contribution in [2.45, 2.75) is 26.3 Å². The summed E-state index contributed by atoms with van der Waals surface area (Å²) in [5, 5.41) is 8.85. The highest BCUT2D eigenvalue weighted by molar-refractivity contribution is 5.92. The van der Waals surface area contributed by atoms with Gasteiger partial charge in [-0.3, -0.25) is 4.79 Å². The third-order valence-corrected chi connectivity index (χ3v) is 2.79. The van der Waals surface area contributed by atoms with Crippen LogP contribution in [0.3, 0.4) is 0 Å². The highest BCUT2D eigenvalue weighted by Crippen LogP contribution is 2.09. The molecule has 0 radical (unpaired) electrons. The van der Waals surface area contributed by atoms with Gasteiger partial charge in [-0.1, -0.05) is 12.1 Å². The first-order valence-electron chi connectivity index (χ1n) is 6.49. The molecule has 1 rings (SSSR count). The number of benzene rings is 1. The van der Waals surface area contributed by atoms with Gasteiger partial charge in [0, 0.05) is 31.0 Å². The van der Waals surface area contributed by atoms with E-state index in [9.17, 15) is 4.79 Å². The molecule has 0 aliphatic rings. The number of aliphatic hydroxyl groups is 1. The fraction of sp³-hybridized carbons (Fsp3) is 0.400. The van der Waals surface area contributed by atoms with Crippen LogP contribution in [-0.4, -0.2) is 35.1 Å². The van der Waals surface area contributed by atoms with E-state index in [0.29, 0.717) is 18.7 Å². The summed E-state index contributed by atoms with van der Waals surface area (Å²) in [6.45, 7) is 4.58. The van der Waals surface area contributed by atoms with Crippen molar-refractivity contribution in [3.63, 3.8) is 0 Å². The lowest BCUT2D eigenvalue weighted by Gasteiger charge is -2.25. The van der Waals surface area contributed by atoms with Crippen molar-refractivity contribution >= 4 is 17.7 Å². The molecule has 0 atom stereocenters. The summed E-state index contributed by atoms with van der Waals surface area (Å²) in [5.74, 6) is -0.0501. The minimum atomic E-state index is -0.0501. The van der Waals surface area contributed by atoms with Crippen LogP contribution in [0.25, 0.3) is 6.08 Å². The minimum absolute atomic E-state index is 0.0501. The van der Waals surface area contributed by atoms with E-state index in [1.54, 1.807) is 23.1 Å². The number of anilines is 1. The molecule has 1 aromatic carbocycles. The summed E-state index contributed by atoms with van der Waals surface area (Å²) in [6.07, 6.45) is 3.90. The second kappa shape index (κ2) is 7.59. The molecule has 0 heterocycles. The quantitative estimate of drug-likeness (QED) is 0.608. The third kappa shape index (κ3) is 5.14. The fourth-order valence-electron chi connectivity index (χ4n) is 1.79. The van der Waals surface area contributed by atoms with Crippen LogP contribution in [0.15, 0.2) is 30.3 Å². The van der Waals surface area contributed by atoms with E-state index in [4.69, 9.17) is 10.8 Å². The van der Waals surface area contributed by atoms with Crippen LogP contribution < -0.4 is 5.73 Å². The summed E-state index contributed by atoms with van der Waals surface area (Å²) in [5.41, 5.74) is 7.26. The van der Waals surface area contributed by atoms with Gasteiger partial charge in [0.05, 0.1) is 0 Å². The number of rotatable bonds is 6. The van der Waals surface area contributed by atoms with Gasteiger partial charge in [0.2, 0.25) is 5.91 Å². The Hall–Kier alpha value is -1.81. The summed E-state index contributed by atoms with van der Waals surface area (Å²) in [7, 11) is 0. The monoisotopic (exact) mass is 262 g/mol. The maximum Gasteiger partial charge on any atom is 0.246 e. The molecule has 0 fully saturated rings. The van der Waals surface area contributed by atoms with Gasteiger partial charge in [-0.2, -0.15) is 0 Å². The number of amides is 1. The van der Waals surface area contributed by atoms with E-state index in [0.717, 1.165) is 5.56 Å². The van der Waals surface area contributed by atoms with Crippen LogP contribution in [0.2, 0.25) is 0 Å². The lowest BCUT2D eigenvalue weighted by Crippen LogP contribution is -2.36. The number of nitrogens with zero attached hydrogens (tertiary/aromatic N) is 1. The molecular formula is C15H22N2O2. The Morgan fingerprint density at radius 3 is 2.79 bits per heavy atom. The van der Waals surface area contributed by atoms with Crippen molar-refractivity contribution in [2.24, 2.45) is 0 Å². The van der Waals surface area contributed by atoms with Crippen LogP contribution in [0.4, 0.5) is 5.69 Å². The molecule has 0 aromatic heterocycles. The number of nitrogen functional groups attached to an aromatic ring is 1. The first-order valence-corrected chi connectivity index (χ1v) is 6.49. The molecule has 104 valence electrons. The normalized spacial score (nSPS) is 11.2. The molecule has 0 bridgehead atoms. The van der Waals surface area contributed by atoms with Gasteiger partial charge in [0.25, 0.3) is 0 Å².